The molecule has 19 heavy (non-hydrogen) atoms. The fourth-order valence-corrected chi connectivity index (χ4v) is 2.33. The van der Waals surface area contributed by atoms with E-state index in [0.717, 1.165) is 5.56 Å². The molecule has 1 aromatic carbocycles. The zero-order chi connectivity index (χ0) is 14.2. The van der Waals surface area contributed by atoms with Gasteiger partial charge in [-0.15, -0.1) is 0 Å². The number of carbonyl (C=O) groups is 2. The molecule has 5 N–H and O–H groups in total. The fraction of sp³-hybridized carbons (Fsp3) is 0.385. The van der Waals surface area contributed by atoms with Gasteiger partial charge in [-0.1, -0.05) is 12.1 Å². The van der Waals surface area contributed by atoms with Crippen molar-refractivity contribution in [1.82, 2.24) is 4.90 Å². The molecule has 6 nitrogen and oxygen atoms in total. The molecule has 2 unspecified atom stereocenters. The predicted molar refractivity (Wildman–Crippen MR) is 70.2 cm³/mol. The second kappa shape index (κ2) is 4.89. The van der Waals surface area contributed by atoms with E-state index in [1.165, 1.54) is 4.90 Å². The molecule has 1 aliphatic heterocycles. The molecular weight excluding hydrogens is 246 g/mol. The number of aryl methyl sites for hydroxylation is 1. The lowest BCUT2D eigenvalue weighted by atomic mass is 10.1. The molecule has 0 saturated carbocycles. The minimum atomic E-state index is -0.776. The van der Waals surface area contributed by atoms with Crippen LogP contribution in [0.25, 0.3) is 0 Å². The third kappa shape index (κ3) is 2.39. The lowest BCUT2D eigenvalue weighted by molar-refractivity contribution is -0.121. The lowest BCUT2D eigenvalue weighted by Gasteiger charge is -2.22. The maximum absolute atomic E-state index is 12.4. The molecule has 102 valence electrons. The Morgan fingerprint density at radius 2 is 2.11 bits per heavy atom. The number of hydrogen-bond donors (Lipinski definition) is 3. The van der Waals surface area contributed by atoms with Gasteiger partial charge < -0.3 is 21.5 Å². The van der Waals surface area contributed by atoms with Gasteiger partial charge in [-0.25, -0.2) is 0 Å². The van der Waals surface area contributed by atoms with Gasteiger partial charge in [-0.3, -0.25) is 9.59 Å². The molecule has 6 heteroatoms. The maximum atomic E-state index is 12.4. The quantitative estimate of drug-likeness (QED) is 0.633. The average molecular weight is 263 g/mol. The summed E-state index contributed by atoms with van der Waals surface area (Å²) in [6.07, 6.45) is -0.556. The number of nitrogen functional groups attached to an aromatic ring is 1. The first kappa shape index (κ1) is 13.4. The van der Waals surface area contributed by atoms with Crippen LogP contribution in [0, 0.1) is 6.92 Å². The summed E-state index contributed by atoms with van der Waals surface area (Å²) >= 11 is 0. The highest BCUT2D eigenvalue weighted by molar-refractivity contribution is 6.02. The summed E-state index contributed by atoms with van der Waals surface area (Å²) in [4.78, 5) is 25.0. The number of primary amides is 1. The largest absolute Gasteiger partial charge is 0.398 e. The number of β-amino-alcohol motifs (C(OH)–C–C–N with tert-alkyl or cyclic N) is 1. The standard InChI is InChI=1S/C13H17N3O3/c1-7-3-2-4-9(11(7)14)13(19)16-6-8(17)5-10(16)12(15)18/h2-4,8,10,17H,5-6,14H2,1H3,(H2,15,18). The number of likely N-dealkylation sites (tertiary alicyclic amines) is 1. The van der Waals surface area contributed by atoms with Gasteiger partial charge in [0.05, 0.1) is 11.7 Å². The molecule has 2 rings (SSSR count). The molecule has 0 aliphatic carbocycles. The van der Waals surface area contributed by atoms with E-state index in [2.05, 4.69) is 0 Å². The van der Waals surface area contributed by atoms with Gasteiger partial charge in [0.1, 0.15) is 6.04 Å². The van der Waals surface area contributed by atoms with Crippen molar-refractivity contribution in [3.05, 3.63) is 29.3 Å². The Morgan fingerprint density at radius 3 is 2.74 bits per heavy atom. The Bertz CT molecular complexity index is 530. The van der Waals surface area contributed by atoms with Crippen LogP contribution in [0.2, 0.25) is 0 Å². The molecule has 2 atom stereocenters. The number of benzene rings is 1. The van der Waals surface area contributed by atoms with Crippen molar-refractivity contribution in [2.24, 2.45) is 5.73 Å². The highest BCUT2D eigenvalue weighted by atomic mass is 16.3. The molecule has 0 radical (unpaired) electrons. The summed E-state index contributed by atoms with van der Waals surface area (Å²) in [5.41, 5.74) is 12.7. The minimum Gasteiger partial charge on any atom is -0.398 e. The van der Waals surface area contributed by atoms with Crippen molar-refractivity contribution in [1.29, 1.82) is 0 Å². The van der Waals surface area contributed by atoms with Gasteiger partial charge in [0.15, 0.2) is 0 Å². The number of anilines is 1. The number of nitrogens with zero attached hydrogens (tertiary/aromatic N) is 1. The fourth-order valence-electron chi connectivity index (χ4n) is 2.33. The van der Waals surface area contributed by atoms with Gasteiger partial charge in [0, 0.05) is 18.7 Å². The molecule has 1 aromatic rings. The van der Waals surface area contributed by atoms with Crippen molar-refractivity contribution in [3.63, 3.8) is 0 Å². The van der Waals surface area contributed by atoms with E-state index in [-0.39, 0.29) is 18.9 Å². The number of hydrogen-bond acceptors (Lipinski definition) is 4. The monoisotopic (exact) mass is 263 g/mol. The number of aliphatic hydroxyl groups is 1. The van der Waals surface area contributed by atoms with Crippen molar-refractivity contribution in [2.45, 2.75) is 25.5 Å². The van der Waals surface area contributed by atoms with Gasteiger partial charge in [-0.2, -0.15) is 0 Å². The molecule has 0 bridgehead atoms. The molecule has 1 fully saturated rings. The normalized spacial score (nSPS) is 22.5. The Labute approximate surface area is 111 Å². The van der Waals surface area contributed by atoms with E-state index in [1.54, 1.807) is 25.1 Å². The van der Waals surface area contributed by atoms with Crippen LogP contribution in [-0.2, 0) is 4.79 Å². The lowest BCUT2D eigenvalue weighted by Crippen LogP contribution is -2.44. The Kier molecular flexibility index (Phi) is 3.44. The number of aliphatic hydroxyl groups excluding tert-OH is 1. The highest BCUT2D eigenvalue weighted by Gasteiger charge is 2.38. The second-order valence-electron chi connectivity index (χ2n) is 4.80. The van der Waals surface area contributed by atoms with Crippen molar-refractivity contribution < 1.29 is 14.7 Å². The van der Waals surface area contributed by atoms with Crippen LogP contribution >= 0.6 is 0 Å². The van der Waals surface area contributed by atoms with E-state index in [4.69, 9.17) is 11.5 Å². The maximum Gasteiger partial charge on any atom is 0.256 e. The summed E-state index contributed by atoms with van der Waals surface area (Å²) < 4.78 is 0. The van der Waals surface area contributed by atoms with Gasteiger partial charge in [-0.05, 0) is 18.6 Å². The Morgan fingerprint density at radius 1 is 1.42 bits per heavy atom. The minimum absolute atomic E-state index is 0.0970. The van der Waals surface area contributed by atoms with E-state index in [0.29, 0.717) is 11.3 Å². The first-order chi connectivity index (χ1) is 8.91. The SMILES string of the molecule is Cc1cccc(C(=O)N2CC(O)CC2C(N)=O)c1N. The molecule has 1 aliphatic rings. The Balaban J connectivity index is 2.33. The molecule has 1 heterocycles. The van der Waals surface area contributed by atoms with Crippen LogP contribution in [-0.4, -0.2) is 40.5 Å². The number of rotatable bonds is 2. The van der Waals surface area contributed by atoms with Crippen molar-refractivity contribution in [2.75, 3.05) is 12.3 Å². The number of amides is 2. The third-order valence-corrected chi connectivity index (χ3v) is 3.42. The molecule has 0 aromatic heterocycles. The van der Waals surface area contributed by atoms with Crippen LogP contribution in [0.15, 0.2) is 18.2 Å². The predicted octanol–water partition coefficient (Wildman–Crippen LogP) is -0.362. The third-order valence-electron chi connectivity index (χ3n) is 3.42. The highest BCUT2D eigenvalue weighted by Crippen LogP contribution is 2.24. The molecule has 0 spiro atoms. The molecule has 2 amide bonds. The first-order valence-corrected chi connectivity index (χ1v) is 6.05. The Hall–Kier alpha value is -2.08. The first-order valence-electron chi connectivity index (χ1n) is 6.05. The summed E-state index contributed by atoms with van der Waals surface area (Å²) in [6, 6.07) is 4.36. The molecular formula is C13H17N3O3. The van der Waals surface area contributed by atoms with Crippen LogP contribution in [0.5, 0.6) is 0 Å². The average Bonchev–Trinajstić information content (AvgIpc) is 2.74. The number of nitrogens with two attached hydrogens (primary N) is 2. The number of carbonyl (C=O) groups excluding carboxylic acids is 2. The van der Waals surface area contributed by atoms with Crippen LogP contribution in [0.4, 0.5) is 5.69 Å². The van der Waals surface area contributed by atoms with Crippen LogP contribution in [0.1, 0.15) is 22.3 Å². The van der Waals surface area contributed by atoms with Crippen molar-refractivity contribution in [3.8, 4) is 0 Å². The van der Waals surface area contributed by atoms with Crippen LogP contribution in [0.3, 0.4) is 0 Å². The number of para-hydroxylation sites is 1. The topological polar surface area (TPSA) is 110 Å². The van der Waals surface area contributed by atoms with Crippen molar-refractivity contribution >= 4 is 17.5 Å². The van der Waals surface area contributed by atoms with Gasteiger partial charge >= 0.3 is 0 Å². The van der Waals surface area contributed by atoms with Crippen LogP contribution < -0.4 is 11.5 Å². The summed E-state index contributed by atoms with van der Waals surface area (Å²) in [5.74, 6) is -0.988. The van der Waals surface area contributed by atoms with E-state index >= 15 is 0 Å². The summed E-state index contributed by atoms with van der Waals surface area (Å²) in [6.45, 7) is 1.90. The van der Waals surface area contributed by atoms with E-state index < -0.39 is 18.1 Å². The van der Waals surface area contributed by atoms with Gasteiger partial charge in [0.25, 0.3) is 5.91 Å². The summed E-state index contributed by atoms with van der Waals surface area (Å²) in [5, 5.41) is 9.61. The van der Waals surface area contributed by atoms with E-state index in [9.17, 15) is 14.7 Å². The van der Waals surface area contributed by atoms with Gasteiger partial charge in [0.2, 0.25) is 5.91 Å². The van der Waals surface area contributed by atoms with E-state index in [1.807, 2.05) is 0 Å². The molecule has 1 saturated heterocycles. The zero-order valence-electron chi connectivity index (χ0n) is 10.7. The second-order valence-corrected chi connectivity index (χ2v) is 4.80. The summed E-state index contributed by atoms with van der Waals surface area (Å²) in [7, 11) is 0. The zero-order valence-corrected chi connectivity index (χ0v) is 10.7. The smallest absolute Gasteiger partial charge is 0.256 e.